The van der Waals surface area contributed by atoms with Crippen molar-refractivity contribution in [2.75, 3.05) is 85.6 Å². The van der Waals surface area contributed by atoms with E-state index in [-0.39, 0.29) is 26.4 Å². The van der Waals surface area contributed by atoms with Crippen molar-refractivity contribution in [3.8, 4) is 11.5 Å². The Bertz CT molecular complexity index is 2140. The normalized spacial score (nSPS) is 12.3. The second kappa shape index (κ2) is 27.8. The van der Waals surface area contributed by atoms with Gasteiger partial charge in [0.2, 0.25) is 0 Å². The lowest BCUT2D eigenvalue weighted by Gasteiger charge is -2.23. The quantitative estimate of drug-likeness (QED) is 0.0268. The number of para-hydroxylation sites is 4. The molecule has 2 atom stereocenters. The molecule has 0 amide bonds. The van der Waals surface area contributed by atoms with E-state index in [0.717, 1.165) is 84.3 Å². The third-order valence-electron chi connectivity index (χ3n) is 11.2. The van der Waals surface area contributed by atoms with Crippen LogP contribution in [0.15, 0.2) is 168 Å². The van der Waals surface area contributed by atoms with Crippen LogP contribution in [-0.4, -0.2) is 101 Å². The molecule has 358 valence electrons. The highest BCUT2D eigenvalue weighted by molar-refractivity contribution is 5.87. The standard InChI is InChI=1S/C56H68N6O6/c1-5-59(6-2)51-33-31-45(39-57-61(47-23-13-9-14-24-47)48-25-15-10-16-26-48)55(37-51)67-43-53(63)41-65-35-21-22-36-66-42-54(64)44-68-56-38-52(60(7-3)8-4)34-32-46(56)40-58-62(49-27-17-11-18-28-49)50-29-19-12-20-30-50/h9-20,23-34,37-40,53-54,63-64H,5-8,21-22,35-36,41-44H2,1-4H3. The van der Waals surface area contributed by atoms with Gasteiger partial charge in [0.15, 0.2) is 0 Å². The molecular weight excluding hydrogens is 853 g/mol. The van der Waals surface area contributed by atoms with E-state index in [0.29, 0.717) is 24.7 Å². The number of aliphatic hydroxyl groups excluding tert-OH is 2. The predicted octanol–water partition coefficient (Wildman–Crippen LogP) is 10.7. The van der Waals surface area contributed by atoms with Gasteiger partial charge in [-0.25, -0.2) is 10.0 Å². The molecule has 0 heterocycles. The number of hydrogen-bond donors (Lipinski definition) is 2. The molecule has 0 radical (unpaired) electrons. The first-order valence-electron chi connectivity index (χ1n) is 23.8. The number of unbranched alkanes of at least 4 members (excludes halogenated alkanes) is 1. The summed E-state index contributed by atoms with van der Waals surface area (Å²) in [5, 5.41) is 35.3. The van der Waals surface area contributed by atoms with Crippen LogP contribution < -0.4 is 29.3 Å². The first-order valence-corrected chi connectivity index (χ1v) is 23.8. The minimum atomic E-state index is -0.834. The summed E-state index contributed by atoms with van der Waals surface area (Å²) < 4.78 is 24.2. The van der Waals surface area contributed by atoms with Crippen molar-refractivity contribution < 1.29 is 29.2 Å². The molecule has 12 heteroatoms. The molecule has 0 aliphatic carbocycles. The van der Waals surface area contributed by atoms with Crippen LogP contribution in [0.5, 0.6) is 11.5 Å². The molecule has 6 aromatic carbocycles. The number of benzene rings is 6. The van der Waals surface area contributed by atoms with E-state index in [1.54, 1.807) is 12.4 Å². The average Bonchev–Trinajstić information content (AvgIpc) is 3.38. The molecule has 0 bridgehead atoms. The Labute approximate surface area is 403 Å². The third kappa shape index (κ3) is 15.4. The van der Waals surface area contributed by atoms with Crippen molar-refractivity contribution in [3.05, 3.63) is 169 Å². The lowest BCUT2D eigenvalue weighted by Crippen LogP contribution is -2.25. The van der Waals surface area contributed by atoms with Gasteiger partial charge in [0.1, 0.15) is 36.9 Å². The van der Waals surface area contributed by atoms with Gasteiger partial charge < -0.3 is 39.0 Å². The van der Waals surface area contributed by atoms with Crippen molar-refractivity contribution in [1.29, 1.82) is 0 Å². The topological polar surface area (TPSA) is 115 Å². The van der Waals surface area contributed by atoms with Crippen LogP contribution >= 0.6 is 0 Å². The van der Waals surface area contributed by atoms with Crippen LogP contribution in [0.25, 0.3) is 0 Å². The highest BCUT2D eigenvalue weighted by Gasteiger charge is 2.15. The maximum absolute atomic E-state index is 10.9. The van der Waals surface area contributed by atoms with E-state index >= 15 is 0 Å². The zero-order valence-electron chi connectivity index (χ0n) is 40.0. The van der Waals surface area contributed by atoms with Crippen LogP contribution in [0, 0.1) is 0 Å². The Morgan fingerprint density at radius 1 is 0.426 bits per heavy atom. The van der Waals surface area contributed by atoms with Crippen LogP contribution in [0.3, 0.4) is 0 Å². The molecule has 0 saturated heterocycles. The Hall–Kier alpha value is -6.70. The molecule has 2 unspecified atom stereocenters. The summed E-state index contributed by atoms with van der Waals surface area (Å²) in [6.45, 7) is 13.2. The largest absolute Gasteiger partial charge is 0.490 e. The van der Waals surface area contributed by atoms with E-state index in [9.17, 15) is 10.2 Å². The maximum atomic E-state index is 10.9. The molecule has 0 fully saturated rings. The van der Waals surface area contributed by atoms with E-state index < -0.39 is 12.2 Å². The number of hydrogen-bond acceptors (Lipinski definition) is 12. The van der Waals surface area contributed by atoms with Gasteiger partial charge in [-0.05, 0) is 113 Å². The SMILES string of the molecule is CCN(CC)c1ccc(C=NN(c2ccccc2)c2ccccc2)c(OCC(O)COCCCCOCC(O)COc2cc(N(CC)CC)ccc2C=NN(c2ccccc2)c2ccccc2)c1. The number of rotatable bonds is 29. The zero-order chi connectivity index (χ0) is 47.8. The Morgan fingerprint density at radius 2 is 0.750 bits per heavy atom. The molecule has 6 aromatic rings. The number of aliphatic hydroxyl groups is 2. The van der Waals surface area contributed by atoms with Gasteiger partial charge in [0.05, 0.1) is 48.4 Å². The second-order valence-corrected chi connectivity index (χ2v) is 16.0. The molecule has 0 spiro atoms. The first-order chi connectivity index (χ1) is 33.4. The fourth-order valence-electron chi connectivity index (χ4n) is 7.48. The molecule has 6 rings (SSSR count). The van der Waals surface area contributed by atoms with E-state index in [4.69, 9.17) is 29.2 Å². The number of nitrogens with zero attached hydrogens (tertiary/aromatic N) is 6. The Kier molecular flexibility index (Phi) is 20.7. The van der Waals surface area contributed by atoms with Crippen LogP contribution in [0.4, 0.5) is 34.1 Å². The molecule has 0 aromatic heterocycles. The van der Waals surface area contributed by atoms with Gasteiger partial charge in [-0.15, -0.1) is 0 Å². The van der Waals surface area contributed by atoms with Gasteiger partial charge in [-0.2, -0.15) is 10.2 Å². The molecule has 12 nitrogen and oxygen atoms in total. The lowest BCUT2D eigenvalue weighted by atomic mass is 10.1. The maximum Gasteiger partial charge on any atom is 0.130 e. The van der Waals surface area contributed by atoms with Crippen molar-refractivity contribution in [2.24, 2.45) is 10.2 Å². The number of ether oxygens (including phenoxy) is 4. The van der Waals surface area contributed by atoms with E-state index in [1.165, 1.54) is 0 Å². The molecule has 0 aliphatic heterocycles. The summed E-state index contributed by atoms with van der Waals surface area (Å²) >= 11 is 0. The van der Waals surface area contributed by atoms with Crippen LogP contribution in [0.1, 0.15) is 51.7 Å². The van der Waals surface area contributed by atoms with E-state index in [2.05, 4.69) is 49.6 Å². The fourth-order valence-corrected chi connectivity index (χ4v) is 7.48. The van der Waals surface area contributed by atoms with Crippen molar-refractivity contribution >= 4 is 46.6 Å². The average molecular weight is 921 g/mol. The lowest BCUT2D eigenvalue weighted by molar-refractivity contribution is 0.000253. The fraction of sp³-hybridized carbons (Fsp3) is 0.321. The second-order valence-electron chi connectivity index (χ2n) is 16.0. The molecule has 0 saturated carbocycles. The Morgan fingerprint density at radius 3 is 1.06 bits per heavy atom. The van der Waals surface area contributed by atoms with Crippen molar-refractivity contribution in [2.45, 2.75) is 52.7 Å². The monoisotopic (exact) mass is 921 g/mol. The summed E-state index contributed by atoms with van der Waals surface area (Å²) in [6, 6.07) is 52.2. The smallest absolute Gasteiger partial charge is 0.130 e. The van der Waals surface area contributed by atoms with Crippen molar-refractivity contribution in [1.82, 2.24) is 0 Å². The van der Waals surface area contributed by atoms with Gasteiger partial charge >= 0.3 is 0 Å². The summed E-state index contributed by atoms with van der Waals surface area (Å²) in [5.41, 5.74) is 7.36. The summed E-state index contributed by atoms with van der Waals surface area (Å²) in [7, 11) is 0. The molecule has 0 aliphatic rings. The van der Waals surface area contributed by atoms with Gasteiger partial charge in [-0.1, -0.05) is 72.8 Å². The summed E-state index contributed by atoms with van der Waals surface area (Å²) in [4.78, 5) is 4.50. The zero-order valence-corrected chi connectivity index (χ0v) is 40.0. The molecule has 68 heavy (non-hydrogen) atoms. The minimum absolute atomic E-state index is 0.0561. The highest BCUT2D eigenvalue weighted by atomic mass is 16.5. The minimum Gasteiger partial charge on any atom is -0.490 e. The molecule has 2 N–H and O–H groups in total. The summed E-state index contributed by atoms with van der Waals surface area (Å²) in [5.74, 6) is 1.25. The van der Waals surface area contributed by atoms with Crippen LogP contribution in [-0.2, 0) is 9.47 Å². The van der Waals surface area contributed by atoms with Crippen LogP contribution in [0.2, 0.25) is 0 Å². The highest BCUT2D eigenvalue weighted by Crippen LogP contribution is 2.30. The summed E-state index contributed by atoms with van der Waals surface area (Å²) in [6.07, 6.45) is 3.39. The van der Waals surface area contributed by atoms with Gasteiger partial charge in [0.25, 0.3) is 0 Å². The molecular formula is C56H68N6O6. The Balaban J connectivity index is 0.957. The van der Waals surface area contributed by atoms with Gasteiger partial charge in [0, 0.05) is 74.0 Å². The third-order valence-corrected chi connectivity index (χ3v) is 11.2. The number of anilines is 6. The van der Waals surface area contributed by atoms with Crippen molar-refractivity contribution in [3.63, 3.8) is 0 Å². The predicted molar refractivity (Wildman–Crippen MR) is 279 cm³/mol. The van der Waals surface area contributed by atoms with E-state index in [1.807, 2.05) is 156 Å². The number of hydrazone groups is 2. The van der Waals surface area contributed by atoms with Gasteiger partial charge in [-0.3, -0.25) is 0 Å². The first kappa shape index (κ1) is 50.7.